The van der Waals surface area contributed by atoms with Crippen LogP contribution in [0.15, 0.2) is 48.5 Å². The Morgan fingerprint density at radius 3 is 2.46 bits per heavy atom. The highest BCUT2D eigenvalue weighted by molar-refractivity contribution is 6.30. The van der Waals surface area contributed by atoms with Crippen LogP contribution in [-0.4, -0.2) is 29.3 Å². The molecule has 0 aliphatic carbocycles. The Balaban J connectivity index is 2.23. The number of likely N-dealkylation sites (N-methyl/N-ethyl adjacent to an activating group) is 1. The number of benzene rings is 2. The summed E-state index contributed by atoms with van der Waals surface area (Å²) >= 11 is 6.06. The maximum absolute atomic E-state index is 13.0. The Labute approximate surface area is 160 Å². The normalized spacial score (nSPS) is 11.7. The van der Waals surface area contributed by atoms with E-state index < -0.39 is 6.04 Å². The number of nitrogens with one attached hydrogen (secondary N) is 1. The van der Waals surface area contributed by atoms with E-state index in [1.165, 1.54) is 0 Å². The van der Waals surface area contributed by atoms with Gasteiger partial charge in [0.15, 0.2) is 0 Å². The third kappa shape index (κ3) is 5.60. The molecular formula is C21H25ClN2O2. The third-order valence-electron chi connectivity index (χ3n) is 4.20. The van der Waals surface area contributed by atoms with Gasteiger partial charge in [0.1, 0.15) is 6.04 Å². The van der Waals surface area contributed by atoms with Crippen molar-refractivity contribution in [2.45, 2.75) is 39.8 Å². The van der Waals surface area contributed by atoms with Crippen LogP contribution in [0, 0.1) is 6.92 Å². The second-order valence-corrected chi connectivity index (χ2v) is 6.82. The zero-order chi connectivity index (χ0) is 19.1. The summed E-state index contributed by atoms with van der Waals surface area (Å²) < 4.78 is 0. The molecule has 2 amide bonds. The molecule has 0 aliphatic heterocycles. The Bertz CT molecular complexity index is 776. The smallest absolute Gasteiger partial charge is 0.242 e. The van der Waals surface area contributed by atoms with Crippen LogP contribution >= 0.6 is 11.6 Å². The highest BCUT2D eigenvalue weighted by Gasteiger charge is 2.25. The van der Waals surface area contributed by atoms with Crippen LogP contribution in [0.3, 0.4) is 0 Å². The van der Waals surface area contributed by atoms with Crippen molar-refractivity contribution >= 4 is 23.4 Å². The summed E-state index contributed by atoms with van der Waals surface area (Å²) in [6.07, 6.45) is 0.256. The average Bonchev–Trinajstić information content (AvgIpc) is 2.59. The van der Waals surface area contributed by atoms with Gasteiger partial charge in [-0.1, -0.05) is 53.6 Å². The predicted octanol–water partition coefficient (Wildman–Crippen LogP) is 3.74. The average molecular weight is 373 g/mol. The van der Waals surface area contributed by atoms with E-state index in [4.69, 9.17) is 11.6 Å². The minimum atomic E-state index is -0.564. The molecule has 2 aromatic carbocycles. The molecule has 0 unspecified atom stereocenters. The van der Waals surface area contributed by atoms with Gasteiger partial charge in [-0.05, 0) is 44.0 Å². The second kappa shape index (κ2) is 9.39. The molecule has 26 heavy (non-hydrogen) atoms. The fourth-order valence-corrected chi connectivity index (χ4v) is 3.05. The maximum Gasteiger partial charge on any atom is 0.242 e. The predicted molar refractivity (Wildman–Crippen MR) is 105 cm³/mol. The number of hydrogen-bond acceptors (Lipinski definition) is 2. The van der Waals surface area contributed by atoms with Crippen molar-refractivity contribution in [3.05, 3.63) is 70.2 Å². The summed E-state index contributed by atoms with van der Waals surface area (Å²) in [6.45, 7) is 6.48. The maximum atomic E-state index is 13.0. The Kier molecular flexibility index (Phi) is 7.22. The molecule has 2 aromatic rings. The fraction of sp³-hybridized carbons (Fsp3) is 0.333. The molecule has 1 atom stereocenters. The lowest BCUT2D eigenvalue weighted by Gasteiger charge is -2.29. The molecule has 0 aromatic heterocycles. The minimum Gasteiger partial charge on any atom is -0.355 e. The van der Waals surface area contributed by atoms with Crippen LogP contribution in [0.5, 0.6) is 0 Å². The van der Waals surface area contributed by atoms with E-state index in [1.807, 2.05) is 56.3 Å². The highest BCUT2D eigenvalue weighted by atomic mass is 35.5. The van der Waals surface area contributed by atoms with E-state index in [2.05, 4.69) is 5.32 Å². The van der Waals surface area contributed by atoms with Gasteiger partial charge in [0, 0.05) is 18.1 Å². The molecule has 4 nitrogen and oxygen atoms in total. The van der Waals surface area contributed by atoms with Crippen molar-refractivity contribution in [1.29, 1.82) is 0 Å². The number of aryl methyl sites for hydroxylation is 1. The lowest BCUT2D eigenvalue weighted by molar-refractivity contribution is -0.140. The number of amides is 2. The van der Waals surface area contributed by atoms with E-state index in [9.17, 15) is 9.59 Å². The van der Waals surface area contributed by atoms with Crippen molar-refractivity contribution in [3.63, 3.8) is 0 Å². The number of nitrogens with zero attached hydrogens (tertiary/aromatic N) is 1. The number of carbonyl (C=O) groups is 2. The standard InChI is InChI=1S/C21H25ClN2O2/c1-4-23-21(26)16(3)24(14-18-9-6-10-19(22)12-18)20(25)13-17-8-5-7-15(2)11-17/h5-12,16H,4,13-14H2,1-3H3,(H,23,26)/t16-/m1/s1. The molecule has 0 aliphatic rings. The zero-order valence-corrected chi connectivity index (χ0v) is 16.2. The molecule has 0 saturated heterocycles. The van der Waals surface area contributed by atoms with E-state index in [-0.39, 0.29) is 18.2 Å². The van der Waals surface area contributed by atoms with E-state index in [0.717, 1.165) is 16.7 Å². The first-order chi connectivity index (χ1) is 12.4. The molecule has 0 bridgehead atoms. The molecule has 0 saturated carbocycles. The van der Waals surface area contributed by atoms with Gasteiger partial charge in [0.05, 0.1) is 6.42 Å². The van der Waals surface area contributed by atoms with Crippen molar-refractivity contribution < 1.29 is 9.59 Å². The molecule has 0 fully saturated rings. The van der Waals surface area contributed by atoms with Crippen LogP contribution in [0.1, 0.15) is 30.5 Å². The van der Waals surface area contributed by atoms with Gasteiger partial charge < -0.3 is 10.2 Å². The fourth-order valence-electron chi connectivity index (χ4n) is 2.83. The number of halogens is 1. The summed E-state index contributed by atoms with van der Waals surface area (Å²) in [5.74, 6) is -0.249. The minimum absolute atomic E-state index is 0.0886. The summed E-state index contributed by atoms with van der Waals surface area (Å²) in [5, 5.41) is 3.40. The molecule has 0 spiro atoms. The Morgan fingerprint density at radius 1 is 1.12 bits per heavy atom. The Hall–Kier alpha value is -2.33. The van der Waals surface area contributed by atoms with Crippen molar-refractivity contribution in [2.75, 3.05) is 6.54 Å². The lowest BCUT2D eigenvalue weighted by Crippen LogP contribution is -2.48. The van der Waals surface area contributed by atoms with Gasteiger partial charge >= 0.3 is 0 Å². The number of carbonyl (C=O) groups excluding carboxylic acids is 2. The van der Waals surface area contributed by atoms with E-state index >= 15 is 0 Å². The molecule has 5 heteroatoms. The molecule has 1 N–H and O–H groups in total. The summed E-state index contributed by atoms with van der Waals surface area (Å²) in [4.78, 5) is 26.9. The largest absolute Gasteiger partial charge is 0.355 e. The summed E-state index contributed by atoms with van der Waals surface area (Å²) in [6, 6.07) is 14.6. The first-order valence-electron chi connectivity index (χ1n) is 8.78. The third-order valence-corrected chi connectivity index (χ3v) is 4.43. The van der Waals surface area contributed by atoms with Gasteiger partial charge in [-0.3, -0.25) is 9.59 Å². The van der Waals surface area contributed by atoms with Gasteiger partial charge in [0.2, 0.25) is 11.8 Å². The quantitative estimate of drug-likeness (QED) is 0.804. The van der Waals surface area contributed by atoms with Gasteiger partial charge in [0.25, 0.3) is 0 Å². The van der Waals surface area contributed by atoms with Crippen LogP contribution < -0.4 is 5.32 Å². The van der Waals surface area contributed by atoms with Crippen LogP contribution in [0.25, 0.3) is 0 Å². The monoisotopic (exact) mass is 372 g/mol. The molecule has 2 rings (SSSR count). The molecule has 0 heterocycles. The lowest BCUT2D eigenvalue weighted by atomic mass is 10.1. The van der Waals surface area contributed by atoms with Crippen molar-refractivity contribution in [3.8, 4) is 0 Å². The SMILES string of the molecule is CCNC(=O)[C@@H](C)N(Cc1cccc(Cl)c1)C(=O)Cc1cccc(C)c1. The Morgan fingerprint density at radius 2 is 1.81 bits per heavy atom. The molecule has 0 radical (unpaired) electrons. The van der Waals surface area contributed by atoms with Crippen molar-refractivity contribution in [1.82, 2.24) is 10.2 Å². The van der Waals surface area contributed by atoms with Crippen LogP contribution in [0.2, 0.25) is 5.02 Å². The van der Waals surface area contributed by atoms with Gasteiger partial charge in [-0.2, -0.15) is 0 Å². The topological polar surface area (TPSA) is 49.4 Å². The first kappa shape index (κ1) is 20.0. The number of rotatable bonds is 7. The van der Waals surface area contributed by atoms with E-state index in [1.54, 1.807) is 17.9 Å². The first-order valence-corrected chi connectivity index (χ1v) is 9.15. The number of hydrogen-bond donors (Lipinski definition) is 1. The highest BCUT2D eigenvalue weighted by Crippen LogP contribution is 2.16. The van der Waals surface area contributed by atoms with Gasteiger partial charge in [-0.15, -0.1) is 0 Å². The summed E-state index contributed by atoms with van der Waals surface area (Å²) in [7, 11) is 0. The molecular weight excluding hydrogens is 348 g/mol. The van der Waals surface area contributed by atoms with E-state index in [0.29, 0.717) is 18.1 Å². The second-order valence-electron chi connectivity index (χ2n) is 6.39. The van der Waals surface area contributed by atoms with Gasteiger partial charge in [-0.25, -0.2) is 0 Å². The zero-order valence-electron chi connectivity index (χ0n) is 15.5. The van der Waals surface area contributed by atoms with Crippen LogP contribution in [0.4, 0.5) is 0 Å². The molecule has 138 valence electrons. The van der Waals surface area contributed by atoms with Crippen LogP contribution in [-0.2, 0) is 22.6 Å². The summed E-state index contributed by atoms with van der Waals surface area (Å²) in [5.41, 5.74) is 2.94. The van der Waals surface area contributed by atoms with Crippen molar-refractivity contribution in [2.24, 2.45) is 0 Å².